The van der Waals surface area contributed by atoms with Crippen molar-refractivity contribution in [3.63, 3.8) is 0 Å². The zero-order valence-corrected chi connectivity index (χ0v) is 30.2. The fourth-order valence-electron chi connectivity index (χ4n) is 7.70. The highest BCUT2D eigenvalue weighted by atomic mass is 32.2. The van der Waals surface area contributed by atoms with Gasteiger partial charge in [0.2, 0.25) is 5.91 Å². The number of benzene rings is 1. The largest absolute Gasteiger partial charge is 0.486 e. The number of nitrogens with one attached hydrogen (secondary N) is 3. The van der Waals surface area contributed by atoms with Crippen LogP contribution < -0.4 is 20.7 Å². The molecule has 4 N–H and O–H groups in total. The van der Waals surface area contributed by atoms with Crippen molar-refractivity contribution < 1.29 is 28.6 Å². The molecule has 3 fully saturated rings. The minimum Gasteiger partial charge on any atom is -0.486 e. The van der Waals surface area contributed by atoms with Crippen LogP contribution in [0, 0.1) is 5.92 Å². The first-order valence-electron chi connectivity index (χ1n) is 18.4. The van der Waals surface area contributed by atoms with Crippen molar-refractivity contribution in [1.82, 2.24) is 40.7 Å². The summed E-state index contributed by atoms with van der Waals surface area (Å²) in [5.41, 5.74) is 3.52. The van der Waals surface area contributed by atoms with Crippen LogP contribution in [-0.2, 0) is 30.8 Å². The molecular weight excluding hydrogens is 685 g/mol. The van der Waals surface area contributed by atoms with E-state index in [0.29, 0.717) is 43.0 Å². The van der Waals surface area contributed by atoms with Gasteiger partial charge in [-0.2, -0.15) is 11.8 Å². The Morgan fingerprint density at radius 2 is 2.00 bits per heavy atom. The van der Waals surface area contributed by atoms with Crippen LogP contribution in [-0.4, -0.2) is 110 Å². The lowest BCUT2D eigenvalue weighted by atomic mass is 9.91. The molecule has 4 aliphatic heterocycles. The molecule has 0 spiro atoms. The minimum absolute atomic E-state index is 0.0593. The molecule has 7 rings (SSSR count). The summed E-state index contributed by atoms with van der Waals surface area (Å²) >= 11 is 1.91. The van der Waals surface area contributed by atoms with Crippen molar-refractivity contribution in [3.05, 3.63) is 71.5 Å². The molecule has 4 amide bonds. The number of carbonyl (C=O) groups excluding carboxylic acids is 3. The number of fused-ring (bicyclic) bond motifs is 2. The number of ether oxygens (including phenoxy) is 1. The van der Waals surface area contributed by atoms with Crippen LogP contribution in [0.15, 0.2) is 47.6 Å². The maximum absolute atomic E-state index is 13.0. The maximum atomic E-state index is 13.0. The first-order chi connectivity index (χ1) is 25.4. The molecule has 0 bridgehead atoms. The van der Waals surface area contributed by atoms with E-state index >= 15 is 0 Å². The molecular formula is C37H48N8O6S. The molecule has 278 valence electrons. The number of rotatable bonds is 15. The highest BCUT2D eigenvalue weighted by Crippen LogP contribution is 2.33. The molecule has 4 atom stereocenters. The van der Waals surface area contributed by atoms with Gasteiger partial charge in [-0.15, -0.1) is 0 Å². The van der Waals surface area contributed by atoms with E-state index in [9.17, 15) is 19.5 Å². The maximum Gasteiger partial charge on any atom is 0.315 e. The van der Waals surface area contributed by atoms with Crippen LogP contribution in [0.5, 0.6) is 5.75 Å². The molecule has 52 heavy (non-hydrogen) atoms. The molecule has 0 aliphatic carbocycles. The van der Waals surface area contributed by atoms with Gasteiger partial charge in [-0.05, 0) is 73.8 Å². The summed E-state index contributed by atoms with van der Waals surface area (Å²) in [5, 5.41) is 20.0. The monoisotopic (exact) mass is 732 g/mol. The number of urea groups is 1. The number of carbonyl (C=O) groups is 3. The highest BCUT2D eigenvalue weighted by molar-refractivity contribution is 8.00. The van der Waals surface area contributed by atoms with E-state index < -0.39 is 6.10 Å². The lowest BCUT2D eigenvalue weighted by molar-refractivity contribution is -0.132. The second-order valence-corrected chi connectivity index (χ2v) is 15.6. The zero-order chi connectivity index (χ0) is 35.9. The number of thioether (sulfide) groups is 1. The first kappa shape index (κ1) is 36.2. The lowest BCUT2D eigenvalue weighted by Crippen LogP contribution is -2.42. The third-order valence-corrected chi connectivity index (χ3v) is 12.1. The van der Waals surface area contributed by atoms with Crippen molar-refractivity contribution in [2.24, 2.45) is 5.92 Å². The fraction of sp³-hybridized carbons (Fsp3) is 0.568. The van der Waals surface area contributed by atoms with Gasteiger partial charge in [-0.1, -0.05) is 12.5 Å². The van der Waals surface area contributed by atoms with Crippen molar-refractivity contribution in [1.29, 1.82) is 0 Å². The Morgan fingerprint density at radius 1 is 1.12 bits per heavy atom. The summed E-state index contributed by atoms with van der Waals surface area (Å²) in [6.07, 6.45) is 10.5. The van der Waals surface area contributed by atoms with Crippen LogP contribution in [0.3, 0.4) is 0 Å². The number of amides is 4. The summed E-state index contributed by atoms with van der Waals surface area (Å²) in [6.45, 7) is 3.89. The second-order valence-electron chi connectivity index (χ2n) is 14.3. The summed E-state index contributed by atoms with van der Waals surface area (Å²) in [6, 6.07) is 8.20. The van der Waals surface area contributed by atoms with Gasteiger partial charge in [0.05, 0.1) is 24.4 Å². The number of unbranched alkanes of at least 4 members (excludes halogenated alkanes) is 1. The van der Waals surface area contributed by atoms with Crippen molar-refractivity contribution in [3.8, 4) is 5.75 Å². The van der Waals surface area contributed by atoms with E-state index in [2.05, 4.69) is 47.9 Å². The Balaban J connectivity index is 0.780. The average molecular weight is 733 g/mol. The van der Waals surface area contributed by atoms with Gasteiger partial charge in [0, 0.05) is 62.4 Å². The molecule has 3 aromatic rings. The van der Waals surface area contributed by atoms with E-state index in [-0.39, 0.29) is 42.2 Å². The molecule has 4 aliphatic rings. The van der Waals surface area contributed by atoms with E-state index in [1.165, 1.54) is 23.8 Å². The van der Waals surface area contributed by atoms with Crippen LogP contribution in [0.2, 0.25) is 0 Å². The molecule has 6 heterocycles. The number of β-amino-alcohol motifs (C(OH)–C–C–N with tert-alkyl or cyclic N) is 1. The molecule has 2 aromatic heterocycles. The number of oxazole rings is 1. The van der Waals surface area contributed by atoms with Gasteiger partial charge in [0.1, 0.15) is 24.4 Å². The van der Waals surface area contributed by atoms with E-state index in [4.69, 9.17) is 9.15 Å². The third-order valence-electron chi connectivity index (χ3n) is 10.6. The Hall–Kier alpha value is -4.21. The van der Waals surface area contributed by atoms with Crippen LogP contribution in [0.25, 0.3) is 0 Å². The predicted octanol–water partition coefficient (Wildman–Crippen LogP) is 2.70. The molecule has 14 nitrogen and oxygen atoms in total. The number of piperidine rings is 1. The van der Waals surface area contributed by atoms with Gasteiger partial charge < -0.3 is 35.1 Å². The lowest BCUT2D eigenvalue weighted by Gasteiger charge is -2.32. The summed E-state index contributed by atoms with van der Waals surface area (Å²) in [7, 11) is 0. The van der Waals surface area contributed by atoms with Gasteiger partial charge in [0.15, 0.2) is 12.2 Å². The third kappa shape index (κ3) is 9.41. The molecule has 0 saturated carbocycles. The summed E-state index contributed by atoms with van der Waals surface area (Å²) in [4.78, 5) is 54.2. The van der Waals surface area contributed by atoms with Gasteiger partial charge in [-0.3, -0.25) is 14.5 Å². The van der Waals surface area contributed by atoms with Crippen LogP contribution in [0.1, 0.15) is 71.6 Å². The quantitative estimate of drug-likeness (QED) is 0.134. The molecule has 3 saturated heterocycles. The molecule has 0 unspecified atom stereocenters. The van der Waals surface area contributed by atoms with E-state index in [1.807, 2.05) is 22.7 Å². The zero-order valence-electron chi connectivity index (χ0n) is 29.4. The Morgan fingerprint density at radius 3 is 2.85 bits per heavy atom. The number of nitrogens with zero attached hydrogens (tertiary/aromatic N) is 5. The Labute approximate surface area is 307 Å². The first-order valence-corrected chi connectivity index (χ1v) is 19.5. The van der Waals surface area contributed by atoms with Gasteiger partial charge in [0.25, 0.3) is 5.91 Å². The minimum atomic E-state index is -0.725. The number of aromatic nitrogens is 3. The highest BCUT2D eigenvalue weighted by Gasteiger charge is 2.42. The number of likely N-dealkylation sites (tertiary alicyclic amines) is 1. The number of hydrogen-bond acceptors (Lipinski definition) is 11. The smallest absolute Gasteiger partial charge is 0.315 e. The Kier molecular flexibility index (Phi) is 11.9. The van der Waals surface area contributed by atoms with Gasteiger partial charge >= 0.3 is 6.03 Å². The van der Waals surface area contributed by atoms with Crippen LogP contribution >= 0.6 is 11.8 Å². The van der Waals surface area contributed by atoms with Gasteiger partial charge in [-0.25, -0.2) is 19.7 Å². The SMILES string of the molecule is O=C1N[C@H]2[C@H](CS[C@H]2CCCCC(=O)N2CCC(Cc3cc(C(=O)NC[C@H](O)CN4CCc5cc(OCc6cnco6)ccc5C4)ncn3)CC2)N1. The van der Waals surface area contributed by atoms with Crippen LogP contribution in [0.4, 0.5) is 4.79 Å². The summed E-state index contributed by atoms with van der Waals surface area (Å²) < 4.78 is 11.1. The molecule has 0 radical (unpaired) electrons. The predicted molar refractivity (Wildman–Crippen MR) is 194 cm³/mol. The Bertz CT molecular complexity index is 1690. The standard InChI is InChI=1S/C37H48N8O6S/c46-28(19-44-10-9-25-14-29(6-5-26(25)18-44)50-20-30-17-38-23-51-30)16-39-36(48)31-15-27(40-22-41-31)13-24-7-11-45(12-8-24)34(47)4-2-1-3-33-35-32(21-52-33)42-37(49)43-35/h5-6,14-15,17,22-24,28,32-33,35,46H,1-4,7-13,16,18-21H2,(H,39,48)(H2,42,43,49)/t28-,32-,33-,35-/m0/s1. The number of hydrogen-bond donors (Lipinski definition) is 4. The molecule has 15 heteroatoms. The molecule has 1 aromatic carbocycles. The normalized spacial score (nSPS) is 22.3. The van der Waals surface area contributed by atoms with Crippen molar-refractivity contribution in [2.45, 2.75) is 88.0 Å². The average Bonchev–Trinajstić information content (AvgIpc) is 3.90. The number of aliphatic hydroxyl groups is 1. The van der Waals surface area contributed by atoms with E-state index in [1.54, 1.807) is 12.3 Å². The summed E-state index contributed by atoms with van der Waals surface area (Å²) in [5.74, 6) is 2.68. The topological polar surface area (TPSA) is 175 Å². The fourth-order valence-corrected chi connectivity index (χ4v) is 9.25. The second kappa shape index (κ2) is 17.1. The van der Waals surface area contributed by atoms with E-state index in [0.717, 1.165) is 81.8 Å². The van der Waals surface area contributed by atoms with Crippen molar-refractivity contribution >= 4 is 29.6 Å². The number of aliphatic hydroxyl groups excluding tert-OH is 1. The van der Waals surface area contributed by atoms with Crippen molar-refractivity contribution in [2.75, 3.05) is 38.5 Å².